The first-order chi connectivity index (χ1) is 13.0. The molecule has 1 aromatic heterocycles. The number of benzene rings is 2. The topological polar surface area (TPSA) is 45.2 Å². The fraction of sp³-hybridized carbons (Fsp3) is 0.273. The van der Waals surface area contributed by atoms with Crippen molar-refractivity contribution in [2.45, 2.75) is 27.3 Å². The van der Waals surface area contributed by atoms with E-state index in [0.717, 1.165) is 30.9 Å². The molecule has 0 saturated carbocycles. The number of para-hydroxylation sites is 1. The first-order valence-electron chi connectivity index (χ1n) is 9.20. The second-order valence-corrected chi connectivity index (χ2v) is 6.53. The molecule has 0 unspecified atom stereocenters. The van der Waals surface area contributed by atoms with Gasteiger partial charge in [0.25, 0.3) is 5.91 Å². The summed E-state index contributed by atoms with van der Waals surface area (Å²) in [4.78, 5) is 19.6. The Morgan fingerprint density at radius 2 is 1.85 bits per heavy atom. The van der Waals surface area contributed by atoms with Crippen LogP contribution in [-0.2, 0) is 6.54 Å². The highest BCUT2D eigenvalue weighted by molar-refractivity contribution is 6.07. The summed E-state index contributed by atoms with van der Waals surface area (Å²) < 4.78 is 13.5. The van der Waals surface area contributed by atoms with Gasteiger partial charge in [0.1, 0.15) is 5.82 Å². The fourth-order valence-electron chi connectivity index (χ4n) is 3.13. The summed E-state index contributed by atoms with van der Waals surface area (Å²) in [6, 6.07) is 13.9. The van der Waals surface area contributed by atoms with E-state index in [1.54, 1.807) is 19.1 Å². The third kappa shape index (κ3) is 4.31. The van der Waals surface area contributed by atoms with E-state index in [9.17, 15) is 9.18 Å². The largest absolute Gasteiger partial charge is 0.322 e. The molecule has 1 N–H and O–H groups in total. The number of halogens is 1. The molecule has 0 saturated heterocycles. The minimum Gasteiger partial charge on any atom is -0.322 e. The first kappa shape index (κ1) is 19.0. The molecule has 3 rings (SSSR count). The van der Waals surface area contributed by atoms with E-state index in [0.29, 0.717) is 22.2 Å². The molecule has 4 nitrogen and oxygen atoms in total. The molecule has 2 aromatic carbocycles. The second kappa shape index (κ2) is 8.27. The van der Waals surface area contributed by atoms with Gasteiger partial charge in [-0.05, 0) is 55.9 Å². The van der Waals surface area contributed by atoms with Gasteiger partial charge in [0.2, 0.25) is 0 Å². The van der Waals surface area contributed by atoms with Crippen LogP contribution in [0.2, 0.25) is 0 Å². The standard InChI is InChI=1S/C22H24FN3O/c1-4-26(5-2)14-16-8-6-7-9-20(16)25-22(27)19-13-17-12-18(23)10-11-21(17)24-15(19)3/h6-13H,4-5,14H2,1-3H3,(H,25,27). The molecule has 140 valence electrons. The Bertz CT molecular complexity index is 967. The van der Waals surface area contributed by atoms with Crippen molar-refractivity contribution in [3.8, 4) is 0 Å². The lowest BCUT2D eigenvalue weighted by Crippen LogP contribution is -2.23. The summed E-state index contributed by atoms with van der Waals surface area (Å²) >= 11 is 0. The monoisotopic (exact) mass is 365 g/mol. The lowest BCUT2D eigenvalue weighted by atomic mass is 10.1. The summed E-state index contributed by atoms with van der Waals surface area (Å²) in [6.07, 6.45) is 0. The fourth-order valence-corrected chi connectivity index (χ4v) is 3.13. The number of carbonyl (C=O) groups excluding carboxylic acids is 1. The van der Waals surface area contributed by atoms with Crippen LogP contribution in [0.5, 0.6) is 0 Å². The Morgan fingerprint density at radius 3 is 2.59 bits per heavy atom. The number of hydrogen-bond donors (Lipinski definition) is 1. The van der Waals surface area contributed by atoms with Gasteiger partial charge < -0.3 is 5.32 Å². The number of hydrogen-bond acceptors (Lipinski definition) is 3. The summed E-state index contributed by atoms with van der Waals surface area (Å²) in [5.74, 6) is -0.581. The van der Waals surface area contributed by atoms with E-state index in [2.05, 4.69) is 29.0 Å². The van der Waals surface area contributed by atoms with Crippen LogP contribution in [0.1, 0.15) is 35.5 Å². The highest BCUT2D eigenvalue weighted by atomic mass is 19.1. The Kier molecular flexibility index (Phi) is 5.81. The lowest BCUT2D eigenvalue weighted by Gasteiger charge is -2.20. The summed E-state index contributed by atoms with van der Waals surface area (Å²) in [5.41, 5.74) is 3.59. The van der Waals surface area contributed by atoms with Crippen LogP contribution in [0.25, 0.3) is 10.9 Å². The van der Waals surface area contributed by atoms with E-state index in [-0.39, 0.29) is 11.7 Å². The molecule has 0 aliphatic rings. The molecular weight excluding hydrogens is 341 g/mol. The minimum atomic E-state index is -0.343. The van der Waals surface area contributed by atoms with Gasteiger partial charge in [0, 0.05) is 17.6 Å². The van der Waals surface area contributed by atoms with Gasteiger partial charge in [-0.3, -0.25) is 14.7 Å². The molecule has 0 radical (unpaired) electrons. The van der Waals surface area contributed by atoms with Crippen molar-refractivity contribution in [1.29, 1.82) is 0 Å². The van der Waals surface area contributed by atoms with Gasteiger partial charge in [-0.15, -0.1) is 0 Å². The van der Waals surface area contributed by atoms with E-state index >= 15 is 0 Å². The third-order valence-corrected chi connectivity index (χ3v) is 4.77. The van der Waals surface area contributed by atoms with Crippen LogP contribution >= 0.6 is 0 Å². The Morgan fingerprint density at radius 1 is 1.11 bits per heavy atom. The molecule has 0 spiro atoms. The summed E-state index contributed by atoms with van der Waals surface area (Å²) in [7, 11) is 0. The van der Waals surface area contributed by atoms with Gasteiger partial charge in [-0.1, -0.05) is 32.0 Å². The highest BCUT2D eigenvalue weighted by Crippen LogP contribution is 2.21. The number of pyridine rings is 1. The van der Waals surface area contributed by atoms with Crippen molar-refractivity contribution in [2.24, 2.45) is 0 Å². The summed E-state index contributed by atoms with van der Waals surface area (Å²) in [5, 5.41) is 3.61. The van der Waals surface area contributed by atoms with E-state index in [1.807, 2.05) is 24.3 Å². The SMILES string of the molecule is CCN(CC)Cc1ccccc1NC(=O)c1cc2cc(F)ccc2nc1C. The Labute approximate surface area is 159 Å². The number of rotatable bonds is 6. The molecule has 0 aliphatic heterocycles. The van der Waals surface area contributed by atoms with Crippen LogP contribution < -0.4 is 5.32 Å². The number of carbonyl (C=O) groups is 1. The van der Waals surface area contributed by atoms with Crippen molar-refractivity contribution < 1.29 is 9.18 Å². The number of fused-ring (bicyclic) bond motifs is 1. The van der Waals surface area contributed by atoms with Crippen molar-refractivity contribution >= 4 is 22.5 Å². The first-order valence-corrected chi connectivity index (χ1v) is 9.20. The maximum absolute atomic E-state index is 13.5. The molecule has 5 heteroatoms. The van der Waals surface area contributed by atoms with Crippen LogP contribution in [0.4, 0.5) is 10.1 Å². The minimum absolute atomic E-state index is 0.238. The predicted octanol–water partition coefficient (Wildman–Crippen LogP) is 4.78. The van der Waals surface area contributed by atoms with Crippen molar-refractivity contribution in [2.75, 3.05) is 18.4 Å². The molecule has 0 bridgehead atoms. The smallest absolute Gasteiger partial charge is 0.257 e. The zero-order chi connectivity index (χ0) is 19.4. The quantitative estimate of drug-likeness (QED) is 0.684. The molecule has 1 amide bonds. The predicted molar refractivity (Wildman–Crippen MR) is 107 cm³/mol. The molecule has 0 atom stereocenters. The Balaban J connectivity index is 1.90. The number of anilines is 1. The van der Waals surface area contributed by atoms with Gasteiger partial charge in [0.05, 0.1) is 16.8 Å². The maximum Gasteiger partial charge on any atom is 0.257 e. The van der Waals surface area contributed by atoms with Crippen molar-refractivity contribution in [3.05, 3.63) is 71.2 Å². The van der Waals surface area contributed by atoms with Gasteiger partial charge in [-0.2, -0.15) is 0 Å². The number of aryl methyl sites for hydroxylation is 1. The van der Waals surface area contributed by atoms with E-state index in [4.69, 9.17) is 0 Å². The number of aromatic nitrogens is 1. The highest BCUT2D eigenvalue weighted by Gasteiger charge is 2.14. The Hall–Kier alpha value is -2.79. The maximum atomic E-state index is 13.5. The average Bonchev–Trinajstić information content (AvgIpc) is 2.67. The van der Waals surface area contributed by atoms with Crippen LogP contribution in [0, 0.1) is 12.7 Å². The van der Waals surface area contributed by atoms with Gasteiger partial charge in [-0.25, -0.2) is 4.39 Å². The zero-order valence-corrected chi connectivity index (χ0v) is 15.9. The lowest BCUT2D eigenvalue weighted by molar-refractivity contribution is 0.102. The average molecular weight is 365 g/mol. The second-order valence-electron chi connectivity index (χ2n) is 6.53. The van der Waals surface area contributed by atoms with E-state index in [1.165, 1.54) is 12.1 Å². The molecular formula is C22H24FN3O. The van der Waals surface area contributed by atoms with Crippen LogP contribution in [0.3, 0.4) is 0 Å². The molecule has 27 heavy (non-hydrogen) atoms. The van der Waals surface area contributed by atoms with E-state index < -0.39 is 0 Å². The number of nitrogens with one attached hydrogen (secondary N) is 1. The molecule has 3 aromatic rings. The normalized spacial score (nSPS) is 11.1. The van der Waals surface area contributed by atoms with Gasteiger partial charge in [0.15, 0.2) is 0 Å². The molecule has 1 heterocycles. The number of amides is 1. The van der Waals surface area contributed by atoms with Crippen molar-refractivity contribution in [3.63, 3.8) is 0 Å². The number of nitrogens with zero attached hydrogens (tertiary/aromatic N) is 2. The molecule has 0 fully saturated rings. The van der Waals surface area contributed by atoms with Gasteiger partial charge >= 0.3 is 0 Å². The summed E-state index contributed by atoms with van der Waals surface area (Å²) in [6.45, 7) is 8.68. The van der Waals surface area contributed by atoms with Crippen LogP contribution in [0.15, 0.2) is 48.5 Å². The third-order valence-electron chi connectivity index (χ3n) is 4.77. The molecule has 0 aliphatic carbocycles. The van der Waals surface area contributed by atoms with Crippen molar-refractivity contribution in [1.82, 2.24) is 9.88 Å². The zero-order valence-electron chi connectivity index (χ0n) is 15.9. The van der Waals surface area contributed by atoms with Crippen LogP contribution in [-0.4, -0.2) is 28.9 Å².